The number of nitrogens with one attached hydrogen (secondary N) is 1. The van der Waals surface area contributed by atoms with Gasteiger partial charge in [-0.05, 0) is 11.8 Å². The van der Waals surface area contributed by atoms with Crippen LogP contribution < -0.4 is 5.32 Å². The zero-order valence-electron chi connectivity index (χ0n) is 9.27. The third-order valence-corrected chi connectivity index (χ3v) is 2.81. The van der Waals surface area contributed by atoms with Crippen LogP contribution in [0.3, 0.4) is 0 Å². The van der Waals surface area contributed by atoms with Gasteiger partial charge in [-0.2, -0.15) is 4.98 Å². The molecule has 0 aliphatic carbocycles. The maximum atomic E-state index is 10.9. The van der Waals surface area contributed by atoms with Gasteiger partial charge in [0.25, 0.3) is 0 Å². The average molecular weight is 264 g/mol. The smallest absolute Gasteiger partial charge is 0.320 e. The molecule has 0 bridgehead atoms. The Balaban J connectivity index is 2.38. The number of anilines is 1. The van der Waals surface area contributed by atoms with Gasteiger partial charge in [0.15, 0.2) is 5.03 Å². The average Bonchev–Trinajstić information content (AvgIpc) is 2.39. The van der Waals surface area contributed by atoms with E-state index in [1.807, 2.05) is 0 Å². The largest absolute Gasteiger partial charge is 0.357 e. The highest BCUT2D eigenvalue weighted by Crippen LogP contribution is 2.31. The summed E-state index contributed by atoms with van der Waals surface area (Å²) in [7, 11) is 1.64. The molecule has 18 heavy (non-hydrogen) atoms. The second-order valence-electron chi connectivity index (χ2n) is 3.04. The van der Waals surface area contributed by atoms with E-state index in [4.69, 9.17) is 0 Å². The van der Waals surface area contributed by atoms with Gasteiger partial charge in [-0.1, -0.05) is 0 Å². The summed E-state index contributed by atoms with van der Waals surface area (Å²) >= 11 is 1.07. The minimum absolute atomic E-state index is 0.162. The number of nitro groups is 1. The first-order valence-electron chi connectivity index (χ1n) is 4.83. The highest BCUT2D eigenvalue weighted by molar-refractivity contribution is 7.99. The topological polar surface area (TPSA) is 107 Å². The zero-order chi connectivity index (χ0) is 13.0. The summed E-state index contributed by atoms with van der Waals surface area (Å²) in [5, 5.41) is 14.3. The van der Waals surface area contributed by atoms with Crippen LogP contribution in [-0.4, -0.2) is 31.9 Å². The van der Waals surface area contributed by atoms with Crippen molar-refractivity contribution in [3.05, 3.63) is 34.9 Å². The predicted molar refractivity (Wildman–Crippen MR) is 64.4 cm³/mol. The lowest BCUT2D eigenvalue weighted by Crippen LogP contribution is -2.01. The molecule has 2 rings (SSSR count). The molecule has 0 atom stereocenters. The quantitative estimate of drug-likeness (QED) is 0.501. The standard InChI is InChI=1S/C9H8N6O2S/c1-10-9-13-4-6(15(16)17)8(14-9)18-7-5-11-2-3-12-7/h2-5H,1H3,(H,10,13,14). The Kier molecular flexibility index (Phi) is 3.63. The van der Waals surface area contributed by atoms with Gasteiger partial charge in [0, 0.05) is 19.4 Å². The molecule has 0 radical (unpaired) electrons. The van der Waals surface area contributed by atoms with Crippen LogP contribution in [0.4, 0.5) is 11.6 Å². The molecule has 0 saturated heterocycles. The summed E-state index contributed by atoms with van der Waals surface area (Å²) in [6, 6.07) is 0. The van der Waals surface area contributed by atoms with Crippen molar-refractivity contribution in [1.82, 2.24) is 19.9 Å². The Labute approximate surface area is 106 Å². The van der Waals surface area contributed by atoms with Crippen LogP contribution >= 0.6 is 11.8 Å². The number of nitrogens with zero attached hydrogens (tertiary/aromatic N) is 5. The minimum atomic E-state index is -0.530. The fourth-order valence-electron chi connectivity index (χ4n) is 1.12. The fraction of sp³-hybridized carbons (Fsp3) is 0.111. The number of aromatic nitrogens is 4. The van der Waals surface area contributed by atoms with Crippen molar-refractivity contribution in [1.29, 1.82) is 0 Å². The molecule has 8 nitrogen and oxygen atoms in total. The van der Waals surface area contributed by atoms with E-state index in [-0.39, 0.29) is 10.7 Å². The van der Waals surface area contributed by atoms with E-state index in [1.54, 1.807) is 7.05 Å². The Morgan fingerprint density at radius 2 is 2.17 bits per heavy atom. The molecule has 92 valence electrons. The van der Waals surface area contributed by atoms with Crippen molar-refractivity contribution >= 4 is 23.4 Å². The Morgan fingerprint density at radius 1 is 1.33 bits per heavy atom. The van der Waals surface area contributed by atoms with Gasteiger partial charge in [0.05, 0.1) is 11.1 Å². The van der Waals surface area contributed by atoms with E-state index in [9.17, 15) is 10.1 Å². The van der Waals surface area contributed by atoms with E-state index in [1.165, 1.54) is 18.6 Å². The summed E-state index contributed by atoms with van der Waals surface area (Å²) in [6.07, 6.45) is 5.71. The van der Waals surface area contributed by atoms with Gasteiger partial charge >= 0.3 is 5.69 Å². The van der Waals surface area contributed by atoms with E-state index in [0.717, 1.165) is 18.0 Å². The van der Waals surface area contributed by atoms with Crippen molar-refractivity contribution in [3.63, 3.8) is 0 Å². The van der Waals surface area contributed by atoms with Gasteiger partial charge in [-0.3, -0.25) is 15.1 Å². The Bertz CT molecular complexity index is 564. The molecular formula is C9H8N6O2S. The first-order valence-corrected chi connectivity index (χ1v) is 5.65. The van der Waals surface area contributed by atoms with Crippen molar-refractivity contribution in [2.75, 3.05) is 12.4 Å². The minimum Gasteiger partial charge on any atom is -0.357 e. The normalized spacial score (nSPS) is 10.1. The first kappa shape index (κ1) is 12.2. The molecule has 2 heterocycles. The van der Waals surface area contributed by atoms with Crippen molar-refractivity contribution < 1.29 is 4.92 Å². The monoisotopic (exact) mass is 264 g/mol. The maximum Gasteiger partial charge on any atom is 0.320 e. The highest BCUT2D eigenvalue weighted by Gasteiger charge is 2.18. The van der Waals surface area contributed by atoms with E-state index in [2.05, 4.69) is 25.3 Å². The second kappa shape index (κ2) is 5.36. The van der Waals surface area contributed by atoms with Crippen LogP contribution in [0.1, 0.15) is 0 Å². The van der Waals surface area contributed by atoms with E-state index in [0.29, 0.717) is 11.0 Å². The lowest BCUT2D eigenvalue weighted by molar-refractivity contribution is -0.388. The van der Waals surface area contributed by atoms with Crippen LogP contribution in [0.5, 0.6) is 0 Å². The molecule has 1 N–H and O–H groups in total. The molecule has 0 fully saturated rings. The SMILES string of the molecule is CNc1ncc([N+](=O)[O-])c(Sc2cnccn2)n1. The zero-order valence-corrected chi connectivity index (χ0v) is 10.1. The van der Waals surface area contributed by atoms with Crippen molar-refractivity contribution in [3.8, 4) is 0 Å². The molecule has 0 saturated carbocycles. The lowest BCUT2D eigenvalue weighted by Gasteiger charge is -2.03. The third-order valence-electron chi connectivity index (χ3n) is 1.90. The third kappa shape index (κ3) is 2.69. The maximum absolute atomic E-state index is 10.9. The summed E-state index contributed by atoms with van der Waals surface area (Å²) in [5.41, 5.74) is -0.162. The molecule has 2 aromatic heterocycles. The van der Waals surface area contributed by atoms with Gasteiger partial charge in [0.2, 0.25) is 5.95 Å². The first-order chi connectivity index (χ1) is 8.70. The van der Waals surface area contributed by atoms with E-state index < -0.39 is 4.92 Å². The number of hydrogen-bond donors (Lipinski definition) is 1. The van der Waals surface area contributed by atoms with Crippen LogP contribution in [0.15, 0.2) is 34.8 Å². The molecule has 0 spiro atoms. The van der Waals surface area contributed by atoms with Gasteiger partial charge < -0.3 is 5.32 Å². The number of hydrogen-bond acceptors (Lipinski definition) is 8. The fourth-order valence-corrected chi connectivity index (χ4v) is 1.91. The van der Waals surface area contributed by atoms with E-state index >= 15 is 0 Å². The van der Waals surface area contributed by atoms with Gasteiger partial charge in [-0.25, -0.2) is 9.97 Å². The number of rotatable bonds is 4. The summed E-state index contributed by atoms with van der Waals surface area (Å²) < 4.78 is 0. The second-order valence-corrected chi connectivity index (χ2v) is 4.05. The molecule has 0 aliphatic rings. The molecular weight excluding hydrogens is 256 g/mol. The predicted octanol–water partition coefficient (Wildman–Crippen LogP) is 1.37. The van der Waals surface area contributed by atoms with Crippen LogP contribution in [0.25, 0.3) is 0 Å². The Hall–Kier alpha value is -2.29. The molecule has 2 aromatic rings. The summed E-state index contributed by atoms with van der Waals surface area (Å²) in [6.45, 7) is 0. The molecule has 0 amide bonds. The molecule has 0 aromatic carbocycles. The van der Waals surface area contributed by atoms with Crippen LogP contribution in [-0.2, 0) is 0 Å². The summed E-state index contributed by atoms with van der Waals surface area (Å²) in [4.78, 5) is 26.1. The van der Waals surface area contributed by atoms with Gasteiger partial charge in [-0.15, -0.1) is 0 Å². The molecule has 0 aliphatic heterocycles. The van der Waals surface area contributed by atoms with Crippen LogP contribution in [0.2, 0.25) is 0 Å². The highest BCUT2D eigenvalue weighted by atomic mass is 32.2. The molecule has 0 unspecified atom stereocenters. The molecule has 9 heteroatoms. The Morgan fingerprint density at radius 3 is 2.78 bits per heavy atom. The van der Waals surface area contributed by atoms with Gasteiger partial charge in [0.1, 0.15) is 11.2 Å². The lowest BCUT2D eigenvalue weighted by atomic mass is 10.5. The van der Waals surface area contributed by atoms with Crippen molar-refractivity contribution in [2.45, 2.75) is 10.1 Å². The van der Waals surface area contributed by atoms with Crippen LogP contribution in [0, 0.1) is 10.1 Å². The summed E-state index contributed by atoms with van der Waals surface area (Å²) in [5.74, 6) is 0.312. The van der Waals surface area contributed by atoms with Crippen molar-refractivity contribution in [2.24, 2.45) is 0 Å².